The molecule has 1 aliphatic heterocycles. The van der Waals surface area contributed by atoms with Crippen molar-refractivity contribution < 1.29 is 9.53 Å². The molecule has 0 aliphatic carbocycles. The van der Waals surface area contributed by atoms with Gasteiger partial charge in [-0.1, -0.05) is 30.0 Å². The van der Waals surface area contributed by atoms with E-state index in [1.54, 1.807) is 7.11 Å². The summed E-state index contributed by atoms with van der Waals surface area (Å²) in [7, 11) is 3.56. The smallest absolute Gasteiger partial charge is 0.240 e. The standard InChI is InChI=1S/C21H22N4O2S/c1-14(20(26)25-13-12-15-6-4-5-7-18(15)25)28-21-23-22-19(24(21)2)16-8-10-17(27-3)11-9-16/h4-11,14H,12-13H2,1-3H3/t14-/m0/s1. The Morgan fingerprint density at radius 1 is 1.14 bits per heavy atom. The average molecular weight is 395 g/mol. The van der Waals surface area contributed by atoms with E-state index >= 15 is 0 Å². The van der Waals surface area contributed by atoms with Crippen LogP contribution in [0.2, 0.25) is 0 Å². The summed E-state index contributed by atoms with van der Waals surface area (Å²) in [6.45, 7) is 2.66. The second-order valence-corrected chi connectivity index (χ2v) is 8.03. The van der Waals surface area contributed by atoms with E-state index in [0.717, 1.165) is 40.9 Å². The van der Waals surface area contributed by atoms with Crippen LogP contribution in [-0.2, 0) is 18.3 Å². The molecular weight excluding hydrogens is 372 g/mol. The van der Waals surface area contributed by atoms with Crippen molar-refractivity contribution in [2.45, 2.75) is 23.8 Å². The van der Waals surface area contributed by atoms with Crippen LogP contribution in [0.4, 0.5) is 5.69 Å². The number of carbonyl (C=O) groups excluding carboxylic acids is 1. The lowest BCUT2D eigenvalue weighted by molar-refractivity contribution is -0.117. The quantitative estimate of drug-likeness (QED) is 0.619. The van der Waals surface area contributed by atoms with Crippen molar-refractivity contribution in [1.29, 1.82) is 0 Å². The highest BCUT2D eigenvalue weighted by molar-refractivity contribution is 8.00. The van der Waals surface area contributed by atoms with Gasteiger partial charge in [-0.05, 0) is 49.2 Å². The Morgan fingerprint density at radius 3 is 2.64 bits per heavy atom. The van der Waals surface area contributed by atoms with E-state index in [1.807, 2.05) is 65.9 Å². The van der Waals surface area contributed by atoms with Crippen LogP contribution in [0.15, 0.2) is 53.7 Å². The fourth-order valence-electron chi connectivity index (χ4n) is 3.40. The average Bonchev–Trinajstić information content (AvgIpc) is 3.31. The SMILES string of the molecule is COc1ccc(-c2nnc(S[C@@H](C)C(=O)N3CCc4ccccc43)n2C)cc1. The van der Waals surface area contributed by atoms with Crippen molar-refractivity contribution in [1.82, 2.24) is 14.8 Å². The van der Waals surface area contributed by atoms with Crippen molar-refractivity contribution in [2.75, 3.05) is 18.6 Å². The Hall–Kier alpha value is -2.80. The van der Waals surface area contributed by atoms with E-state index in [0.29, 0.717) is 0 Å². The normalized spacial score (nSPS) is 14.0. The molecule has 0 radical (unpaired) electrons. The minimum atomic E-state index is -0.252. The third-order valence-corrected chi connectivity index (χ3v) is 6.09. The first-order valence-electron chi connectivity index (χ1n) is 9.18. The summed E-state index contributed by atoms with van der Waals surface area (Å²) in [5.74, 6) is 1.66. The number of ether oxygens (including phenoxy) is 1. The molecule has 4 rings (SSSR count). The van der Waals surface area contributed by atoms with Gasteiger partial charge in [0.2, 0.25) is 5.91 Å². The highest BCUT2D eigenvalue weighted by Crippen LogP contribution is 2.32. The predicted octanol–water partition coefficient (Wildman–Crippen LogP) is 3.56. The largest absolute Gasteiger partial charge is 0.497 e. The fraction of sp³-hybridized carbons (Fsp3) is 0.286. The van der Waals surface area contributed by atoms with Gasteiger partial charge in [0.15, 0.2) is 11.0 Å². The molecule has 0 fully saturated rings. The summed E-state index contributed by atoms with van der Waals surface area (Å²) in [6.07, 6.45) is 0.908. The van der Waals surface area contributed by atoms with Gasteiger partial charge in [0.25, 0.3) is 0 Å². The molecule has 0 N–H and O–H groups in total. The second kappa shape index (κ2) is 7.67. The van der Waals surface area contributed by atoms with Gasteiger partial charge in [-0.25, -0.2) is 0 Å². The molecule has 2 heterocycles. The molecule has 2 aromatic carbocycles. The van der Waals surface area contributed by atoms with Gasteiger partial charge >= 0.3 is 0 Å². The van der Waals surface area contributed by atoms with Crippen LogP contribution in [-0.4, -0.2) is 39.6 Å². The third kappa shape index (κ3) is 3.38. The van der Waals surface area contributed by atoms with Crippen LogP contribution in [0.3, 0.4) is 0 Å². The first kappa shape index (κ1) is 18.6. The maximum atomic E-state index is 13.0. The fourth-order valence-corrected chi connectivity index (χ4v) is 4.28. The van der Waals surface area contributed by atoms with Crippen molar-refractivity contribution in [2.24, 2.45) is 7.05 Å². The number of rotatable bonds is 5. The number of amides is 1. The lowest BCUT2D eigenvalue weighted by Crippen LogP contribution is -2.35. The van der Waals surface area contributed by atoms with Gasteiger partial charge in [-0.2, -0.15) is 0 Å². The van der Waals surface area contributed by atoms with Crippen LogP contribution in [0.1, 0.15) is 12.5 Å². The number of carbonyl (C=O) groups is 1. The van der Waals surface area contributed by atoms with Gasteiger partial charge in [0.05, 0.1) is 12.4 Å². The van der Waals surface area contributed by atoms with Crippen molar-refractivity contribution in [3.8, 4) is 17.1 Å². The number of thioether (sulfide) groups is 1. The zero-order chi connectivity index (χ0) is 19.7. The van der Waals surface area contributed by atoms with Crippen LogP contribution in [0.25, 0.3) is 11.4 Å². The topological polar surface area (TPSA) is 60.3 Å². The number of hydrogen-bond acceptors (Lipinski definition) is 5. The zero-order valence-electron chi connectivity index (χ0n) is 16.1. The molecule has 0 saturated heterocycles. The number of benzene rings is 2. The highest BCUT2D eigenvalue weighted by atomic mass is 32.2. The molecule has 0 bridgehead atoms. The van der Waals surface area contributed by atoms with Crippen LogP contribution in [0, 0.1) is 0 Å². The van der Waals surface area contributed by atoms with Gasteiger partial charge in [0.1, 0.15) is 5.75 Å². The number of aromatic nitrogens is 3. The van der Waals surface area contributed by atoms with E-state index in [1.165, 1.54) is 17.3 Å². The molecule has 1 atom stereocenters. The van der Waals surface area contributed by atoms with Gasteiger partial charge in [0, 0.05) is 24.8 Å². The molecule has 28 heavy (non-hydrogen) atoms. The van der Waals surface area contributed by atoms with Crippen LogP contribution in [0.5, 0.6) is 5.75 Å². The van der Waals surface area contributed by atoms with E-state index in [2.05, 4.69) is 16.3 Å². The Balaban J connectivity index is 1.50. The number of fused-ring (bicyclic) bond motifs is 1. The first-order chi connectivity index (χ1) is 13.6. The molecule has 7 heteroatoms. The van der Waals surface area contributed by atoms with Crippen molar-refractivity contribution in [3.63, 3.8) is 0 Å². The van der Waals surface area contributed by atoms with Gasteiger partial charge in [-0.15, -0.1) is 10.2 Å². The van der Waals surface area contributed by atoms with E-state index < -0.39 is 0 Å². The number of para-hydroxylation sites is 1. The number of nitrogens with zero attached hydrogens (tertiary/aromatic N) is 4. The summed E-state index contributed by atoms with van der Waals surface area (Å²) in [6, 6.07) is 15.8. The molecule has 6 nitrogen and oxygen atoms in total. The molecular formula is C21H22N4O2S. The van der Waals surface area contributed by atoms with Crippen LogP contribution >= 0.6 is 11.8 Å². The number of hydrogen-bond donors (Lipinski definition) is 0. The van der Waals surface area contributed by atoms with Crippen molar-refractivity contribution >= 4 is 23.4 Å². The molecule has 3 aromatic rings. The molecule has 1 amide bonds. The molecule has 1 aliphatic rings. The summed E-state index contributed by atoms with van der Waals surface area (Å²) in [4.78, 5) is 14.9. The zero-order valence-corrected chi connectivity index (χ0v) is 16.9. The number of methoxy groups -OCH3 is 1. The molecule has 144 valence electrons. The van der Waals surface area contributed by atoms with E-state index in [4.69, 9.17) is 4.74 Å². The summed E-state index contributed by atoms with van der Waals surface area (Å²) in [5.41, 5.74) is 3.21. The highest BCUT2D eigenvalue weighted by Gasteiger charge is 2.29. The molecule has 1 aromatic heterocycles. The minimum Gasteiger partial charge on any atom is -0.497 e. The predicted molar refractivity (Wildman–Crippen MR) is 111 cm³/mol. The van der Waals surface area contributed by atoms with Gasteiger partial charge in [-0.3, -0.25) is 4.79 Å². The van der Waals surface area contributed by atoms with Gasteiger partial charge < -0.3 is 14.2 Å². The van der Waals surface area contributed by atoms with Crippen LogP contribution < -0.4 is 9.64 Å². The lowest BCUT2D eigenvalue weighted by atomic mass is 10.2. The van der Waals surface area contributed by atoms with E-state index in [-0.39, 0.29) is 11.2 Å². The maximum absolute atomic E-state index is 13.0. The Labute approximate surface area is 168 Å². The summed E-state index contributed by atoms with van der Waals surface area (Å²) < 4.78 is 7.13. The third-order valence-electron chi connectivity index (χ3n) is 4.97. The maximum Gasteiger partial charge on any atom is 0.240 e. The Morgan fingerprint density at radius 2 is 1.89 bits per heavy atom. The lowest BCUT2D eigenvalue weighted by Gasteiger charge is -2.21. The van der Waals surface area contributed by atoms with Crippen molar-refractivity contribution in [3.05, 3.63) is 54.1 Å². The van der Waals surface area contributed by atoms with E-state index in [9.17, 15) is 4.79 Å². The Bertz CT molecular complexity index is 1000. The molecule has 0 spiro atoms. The monoisotopic (exact) mass is 394 g/mol. The molecule has 0 unspecified atom stereocenters. The first-order valence-corrected chi connectivity index (χ1v) is 10.1. The summed E-state index contributed by atoms with van der Waals surface area (Å²) in [5, 5.41) is 9.09. The second-order valence-electron chi connectivity index (χ2n) is 6.72. The summed E-state index contributed by atoms with van der Waals surface area (Å²) >= 11 is 1.44. The molecule has 0 saturated carbocycles. The number of anilines is 1. The minimum absolute atomic E-state index is 0.101. The Kier molecular flexibility index (Phi) is 5.09.